The minimum absolute atomic E-state index is 0.189. The number of methoxy groups -OCH3 is 2. The minimum atomic E-state index is 0.189. The van der Waals surface area contributed by atoms with Crippen LogP contribution in [0.3, 0.4) is 0 Å². The Bertz CT molecular complexity index is 1010. The van der Waals surface area contributed by atoms with Crippen molar-refractivity contribution in [1.29, 1.82) is 5.26 Å². The third kappa shape index (κ3) is 3.42. The van der Waals surface area contributed by atoms with E-state index in [9.17, 15) is 5.26 Å². The molecular weight excluding hydrogens is 338 g/mol. The number of aromatic nitrogens is 1. The Hall–Kier alpha value is -3.52. The summed E-state index contributed by atoms with van der Waals surface area (Å²) in [5, 5.41) is 9.64. The molecule has 0 radical (unpaired) electrons. The number of nitrogens with two attached hydrogens (primary N) is 1. The molecule has 0 spiro atoms. The summed E-state index contributed by atoms with van der Waals surface area (Å²) >= 11 is 0. The number of anilines is 1. The maximum atomic E-state index is 9.64. The van der Waals surface area contributed by atoms with Crippen LogP contribution in [0.1, 0.15) is 18.1 Å². The molecule has 0 amide bonds. The monoisotopic (exact) mass is 359 g/mol. The van der Waals surface area contributed by atoms with Gasteiger partial charge in [-0.3, -0.25) is 0 Å². The Morgan fingerprint density at radius 2 is 1.78 bits per heavy atom. The SMILES string of the molecule is CCc1ccc(-c2cc(-c3cccc(OC)c3OC)c(C#N)c(N)n2)cc1. The van der Waals surface area contributed by atoms with Gasteiger partial charge in [0.2, 0.25) is 0 Å². The fourth-order valence-electron chi connectivity index (χ4n) is 3.05. The van der Waals surface area contributed by atoms with Crippen molar-refractivity contribution in [2.24, 2.45) is 0 Å². The van der Waals surface area contributed by atoms with Crippen molar-refractivity contribution in [2.75, 3.05) is 20.0 Å². The topological polar surface area (TPSA) is 81.2 Å². The highest BCUT2D eigenvalue weighted by Crippen LogP contribution is 2.41. The van der Waals surface area contributed by atoms with E-state index in [0.717, 1.165) is 17.5 Å². The molecule has 1 aromatic heterocycles. The smallest absolute Gasteiger partial charge is 0.168 e. The predicted molar refractivity (Wildman–Crippen MR) is 107 cm³/mol. The molecule has 0 unspecified atom stereocenters. The van der Waals surface area contributed by atoms with Crippen molar-refractivity contribution in [3.8, 4) is 40.0 Å². The number of nitrogen functional groups attached to an aromatic ring is 1. The lowest BCUT2D eigenvalue weighted by atomic mass is 9.97. The van der Waals surface area contributed by atoms with Crippen LogP contribution in [0.2, 0.25) is 0 Å². The van der Waals surface area contributed by atoms with Crippen LogP contribution in [0.25, 0.3) is 22.4 Å². The second-order valence-corrected chi connectivity index (χ2v) is 6.02. The van der Waals surface area contributed by atoms with Crippen molar-refractivity contribution in [2.45, 2.75) is 13.3 Å². The molecule has 3 aromatic rings. The van der Waals surface area contributed by atoms with Gasteiger partial charge in [-0.05, 0) is 24.1 Å². The second kappa shape index (κ2) is 7.79. The Morgan fingerprint density at radius 1 is 1.04 bits per heavy atom. The van der Waals surface area contributed by atoms with Gasteiger partial charge in [-0.25, -0.2) is 4.98 Å². The van der Waals surface area contributed by atoms with Crippen LogP contribution in [0, 0.1) is 11.3 Å². The van der Waals surface area contributed by atoms with Crippen LogP contribution in [0.4, 0.5) is 5.82 Å². The first kappa shape index (κ1) is 18.3. The van der Waals surface area contributed by atoms with E-state index in [2.05, 4.69) is 30.1 Å². The van der Waals surface area contributed by atoms with Gasteiger partial charge in [-0.1, -0.05) is 43.3 Å². The third-order valence-electron chi connectivity index (χ3n) is 4.51. The Balaban J connectivity index is 2.24. The molecular formula is C22H21N3O2. The van der Waals surface area contributed by atoms with Gasteiger partial charge in [0.1, 0.15) is 17.5 Å². The lowest BCUT2D eigenvalue weighted by molar-refractivity contribution is 0.356. The largest absolute Gasteiger partial charge is 0.493 e. The van der Waals surface area contributed by atoms with E-state index in [4.69, 9.17) is 15.2 Å². The molecule has 0 aliphatic rings. The lowest BCUT2D eigenvalue weighted by Gasteiger charge is -2.15. The number of ether oxygens (including phenoxy) is 2. The third-order valence-corrected chi connectivity index (χ3v) is 4.51. The Kier molecular flexibility index (Phi) is 5.28. The van der Waals surface area contributed by atoms with Gasteiger partial charge in [-0.15, -0.1) is 0 Å². The van der Waals surface area contributed by atoms with Gasteiger partial charge < -0.3 is 15.2 Å². The molecule has 0 fully saturated rings. The normalized spacial score (nSPS) is 10.3. The zero-order valence-electron chi connectivity index (χ0n) is 15.6. The number of hydrogen-bond acceptors (Lipinski definition) is 5. The van der Waals surface area contributed by atoms with Crippen molar-refractivity contribution in [3.63, 3.8) is 0 Å². The molecule has 0 bridgehead atoms. The molecule has 0 atom stereocenters. The molecule has 0 saturated carbocycles. The first-order valence-electron chi connectivity index (χ1n) is 8.64. The summed E-state index contributed by atoms with van der Waals surface area (Å²) in [5.41, 5.74) is 10.7. The lowest BCUT2D eigenvalue weighted by Crippen LogP contribution is -2.01. The molecule has 0 aliphatic heterocycles. The van der Waals surface area contributed by atoms with E-state index in [1.54, 1.807) is 14.2 Å². The summed E-state index contributed by atoms with van der Waals surface area (Å²) in [5.74, 6) is 1.33. The number of rotatable bonds is 5. The summed E-state index contributed by atoms with van der Waals surface area (Å²) in [6, 6.07) is 17.7. The summed E-state index contributed by atoms with van der Waals surface area (Å²) in [6.45, 7) is 2.11. The highest BCUT2D eigenvalue weighted by Gasteiger charge is 2.18. The quantitative estimate of drug-likeness (QED) is 0.728. The molecule has 5 heteroatoms. The summed E-state index contributed by atoms with van der Waals surface area (Å²) < 4.78 is 10.9. The number of para-hydroxylation sites is 1. The maximum absolute atomic E-state index is 9.64. The molecule has 27 heavy (non-hydrogen) atoms. The fourth-order valence-corrected chi connectivity index (χ4v) is 3.05. The molecule has 0 aliphatic carbocycles. The Morgan fingerprint density at radius 3 is 2.37 bits per heavy atom. The zero-order chi connectivity index (χ0) is 19.4. The summed E-state index contributed by atoms with van der Waals surface area (Å²) in [4.78, 5) is 4.44. The number of pyridine rings is 1. The molecule has 0 saturated heterocycles. The van der Waals surface area contributed by atoms with Gasteiger partial charge >= 0.3 is 0 Å². The number of aryl methyl sites for hydroxylation is 1. The molecule has 3 rings (SSSR count). The van der Waals surface area contributed by atoms with Gasteiger partial charge in [-0.2, -0.15) is 5.26 Å². The standard InChI is InChI=1S/C22H21N3O2/c1-4-14-8-10-15(11-9-14)19-12-17(18(13-23)22(24)25-19)16-6-5-7-20(26-2)21(16)27-3/h5-12H,4H2,1-3H3,(H2,24,25). The molecule has 5 nitrogen and oxygen atoms in total. The molecule has 2 aromatic carbocycles. The first-order valence-corrected chi connectivity index (χ1v) is 8.64. The summed E-state index contributed by atoms with van der Waals surface area (Å²) in [6.07, 6.45) is 0.968. The zero-order valence-corrected chi connectivity index (χ0v) is 15.6. The van der Waals surface area contributed by atoms with Gasteiger partial charge in [0.05, 0.1) is 19.9 Å². The highest BCUT2D eigenvalue weighted by atomic mass is 16.5. The van der Waals surface area contributed by atoms with Crippen LogP contribution >= 0.6 is 0 Å². The number of nitriles is 1. The second-order valence-electron chi connectivity index (χ2n) is 6.02. The first-order chi connectivity index (χ1) is 13.1. The van der Waals surface area contributed by atoms with Crippen LogP contribution in [0.5, 0.6) is 11.5 Å². The summed E-state index contributed by atoms with van der Waals surface area (Å²) in [7, 11) is 3.15. The van der Waals surface area contributed by atoms with E-state index in [1.165, 1.54) is 5.56 Å². The van der Waals surface area contributed by atoms with E-state index < -0.39 is 0 Å². The number of nitrogens with zero attached hydrogens (tertiary/aromatic N) is 2. The Labute approximate surface area is 159 Å². The molecule has 1 heterocycles. The van der Waals surface area contributed by atoms with Crippen molar-refractivity contribution >= 4 is 5.82 Å². The minimum Gasteiger partial charge on any atom is -0.493 e. The van der Waals surface area contributed by atoms with Crippen molar-refractivity contribution in [1.82, 2.24) is 4.98 Å². The number of hydrogen-bond donors (Lipinski definition) is 1. The van der Waals surface area contributed by atoms with Gasteiger partial charge in [0.15, 0.2) is 11.5 Å². The molecule has 136 valence electrons. The van der Waals surface area contributed by atoms with Gasteiger partial charge in [0.25, 0.3) is 0 Å². The average Bonchev–Trinajstić information content (AvgIpc) is 2.72. The van der Waals surface area contributed by atoms with Crippen molar-refractivity contribution < 1.29 is 9.47 Å². The maximum Gasteiger partial charge on any atom is 0.168 e. The van der Waals surface area contributed by atoms with Crippen LogP contribution in [-0.4, -0.2) is 19.2 Å². The van der Waals surface area contributed by atoms with Crippen LogP contribution in [-0.2, 0) is 6.42 Å². The van der Waals surface area contributed by atoms with E-state index in [-0.39, 0.29) is 5.82 Å². The predicted octanol–water partition coefficient (Wildman–Crippen LogP) is 4.45. The van der Waals surface area contributed by atoms with E-state index in [0.29, 0.717) is 28.3 Å². The van der Waals surface area contributed by atoms with Crippen LogP contribution < -0.4 is 15.2 Å². The molecule has 2 N–H and O–H groups in total. The van der Waals surface area contributed by atoms with E-state index >= 15 is 0 Å². The number of benzene rings is 2. The average molecular weight is 359 g/mol. The highest BCUT2D eigenvalue weighted by molar-refractivity contribution is 5.84. The fraction of sp³-hybridized carbons (Fsp3) is 0.182. The van der Waals surface area contributed by atoms with E-state index in [1.807, 2.05) is 36.4 Å². The van der Waals surface area contributed by atoms with Crippen molar-refractivity contribution in [3.05, 3.63) is 59.7 Å². The van der Waals surface area contributed by atoms with Crippen LogP contribution in [0.15, 0.2) is 48.5 Å². The van der Waals surface area contributed by atoms with Gasteiger partial charge in [0, 0.05) is 16.7 Å².